The van der Waals surface area contributed by atoms with Gasteiger partial charge in [0.2, 0.25) is 0 Å². The summed E-state index contributed by atoms with van der Waals surface area (Å²) in [5.74, 6) is 0. The third-order valence-electron chi connectivity index (χ3n) is 2.75. The molecular weight excluding hydrogens is 242 g/mol. The Morgan fingerprint density at radius 2 is 2.16 bits per heavy atom. The van der Waals surface area contributed by atoms with Crippen molar-refractivity contribution in [2.45, 2.75) is 20.1 Å². The van der Waals surface area contributed by atoms with Crippen LogP contribution < -0.4 is 5.32 Å². The predicted molar refractivity (Wildman–Crippen MR) is 71.6 cm³/mol. The molecule has 0 fully saturated rings. The topological polar surface area (TPSA) is 56.1 Å². The summed E-state index contributed by atoms with van der Waals surface area (Å²) in [6.07, 6.45) is 4.66. The van der Waals surface area contributed by atoms with Crippen LogP contribution in [0, 0.1) is 0 Å². The van der Waals surface area contributed by atoms with Crippen LogP contribution in [-0.2, 0) is 17.9 Å². The molecule has 0 unspecified atom stereocenters. The van der Waals surface area contributed by atoms with E-state index in [4.69, 9.17) is 4.74 Å². The van der Waals surface area contributed by atoms with Gasteiger partial charge in [0.25, 0.3) is 0 Å². The van der Waals surface area contributed by atoms with Gasteiger partial charge in [0, 0.05) is 25.5 Å². The molecule has 19 heavy (non-hydrogen) atoms. The van der Waals surface area contributed by atoms with Crippen LogP contribution in [0.1, 0.15) is 18.1 Å². The highest BCUT2D eigenvalue weighted by molar-refractivity contribution is 5.76. The molecule has 0 spiro atoms. The largest absolute Gasteiger partial charge is 0.377 e. The molecule has 2 rings (SSSR count). The number of carbonyl (C=O) groups excluding carboxylic acids is 1. The molecule has 100 valence electrons. The summed E-state index contributed by atoms with van der Waals surface area (Å²) in [7, 11) is 0. The highest BCUT2D eigenvalue weighted by Crippen LogP contribution is 2.10. The molecule has 0 saturated carbocycles. The average Bonchev–Trinajstić information content (AvgIpc) is 2.97. The zero-order valence-corrected chi connectivity index (χ0v) is 10.9. The second-order valence-electron chi connectivity index (χ2n) is 4.03. The van der Waals surface area contributed by atoms with Crippen LogP contribution in [-0.4, -0.2) is 22.2 Å². The third kappa shape index (κ3) is 3.66. The number of ether oxygens (including phenoxy) is 1. The first-order chi connectivity index (χ1) is 9.31. The fourth-order valence-electron chi connectivity index (χ4n) is 1.72. The van der Waals surface area contributed by atoms with Gasteiger partial charge in [-0.05, 0) is 18.1 Å². The zero-order valence-electron chi connectivity index (χ0n) is 10.9. The highest BCUT2D eigenvalue weighted by atomic mass is 16.5. The zero-order chi connectivity index (χ0) is 13.5. The van der Waals surface area contributed by atoms with E-state index >= 15 is 0 Å². The fraction of sp³-hybridized carbons (Fsp3) is 0.286. The fourth-order valence-corrected chi connectivity index (χ4v) is 1.72. The molecule has 0 aliphatic heterocycles. The molecule has 0 bridgehead atoms. The first-order valence-electron chi connectivity index (χ1n) is 6.22. The molecule has 0 saturated heterocycles. The number of nitrogens with zero attached hydrogens (tertiary/aromatic N) is 2. The van der Waals surface area contributed by atoms with E-state index in [9.17, 15) is 4.79 Å². The van der Waals surface area contributed by atoms with Crippen LogP contribution in [0.25, 0.3) is 0 Å². The van der Waals surface area contributed by atoms with Crippen molar-refractivity contribution in [3.8, 4) is 0 Å². The Kier molecular flexibility index (Phi) is 4.69. The maximum Gasteiger partial charge on any atom is 0.327 e. The lowest BCUT2D eigenvalue weighted by atomic mass is 10.1. The van der Waals surface area contributed by atoms with Gasteiger partial charge in [-0.1, -0.05) is 24.3 Å². The van der Waals surface area contributed by atoms with Gasteiger partial charge in [-0.25, -0.2) is 9.78 Å². The van der Waals surface area contributed by atoms with E-state index in [2.05, 4.69) is 10.3 Å². The Bertz CT molecular complexity index is 523. The molecule has 1 heterocycles. The molecule has 1 aromatic carbocycles. The van der Waals surface area contributed by atoms with E-state index in [1.165, 1.54) is 10.9 Å². The Hall–Kier alpha value is -2.14. The van der Waals surface area contributed by atoms with Gasteiger partial charge in [0.15, 0.2) is 0 Å². The molecule has 1 aromatic heterocycles. The van der Waals surface area contributed by atoms with Gasteiger partial charge in [-0.2, -0.15) is 0 Å². The first-order valence-corrected chi connectivity index (χ1v) is 6.22. The lowest BCUT2D eigenvalue weighted by molar-refractivity contribution is 0.133. The van der Waals surface area contributed by atoms with Crippen molar-refractivity contribution in [1.82, 2.24) is 14.9 Å². The maximum atomic E-state index is 11.8. The molecular formula is C14H17N3O2. The number of nitrogens with one attached hydrogen (secondary N) is 1. The van der Waals surface area contributed by atoms with Gasteiger partial charge >= 0.3 is 6.03 Å². The van der Waals surface area contributed by atoms with Crippen LogP contribution in [0.5, 0.6) is 0 Å². The number of amides is 1. The second kappa shape index (κ2) is 6.70. The quantitative estimate of drug-likeness (QED) is 0.895. The van der Waals surface area contributed by atoms with Crippen molar-refractivity contribution >= 4 is 6.03 Å². The van der Waals surface area contributed by atoms with E-state index in [0.29, 0.717) is 19.8 Å². The Labute approximate surface area is 112 Å². The number of hydrogen-bond donors (Lipinski definition) is 1. The van der Waals surface area contributed by atoms with E-state index < -0.39 is 0 Å². The molecule has 0 aliphatic rings. The van der Waals surface area contributed by atoms with Crippen molar-refractivity contribution in [3.63, 3.8) is 0 Å². The van der Waals surface area contributed by atoms with Gasteiger partial charge in [-0.15, -0.1) is 0 Å². The number of benzene rings is 1. The molecule has 1 N–H and O–H groups in total. The number of hydrogen-bond acceptors (Lipinski definition) is 3. The second-order valence-corrected chi connectivity index (χ2v) is 4.03. The highest BCUT2D eigenvalue weighted by Gasteiger charge is 2.05. The lowest BCUT2D eigenvalue weighted by Crippen LogP contribution is -2.27. The monoisotopic (exact) mass is 259 g/mol. The van der Waals surface area contributed by atoms with Crippen molar-refractivity contribution in [2.75, 3.05) is 6.61 Å². The van der Waals surface area contributed by atoms with Crippen LogP contribution in [0.2, 0.25) is 0 Å². The molecule has 0 aliphatic carbocycles. The normalized spacial score (nSPS) is 10.4. The molecule has 1 amide bonds. The van der Waals surface area contributed by atoms with Crippen molar-refractivity contribution in [3.05, 3.63) is 54.1 Å². The summed E-state index contributed by atoms with van der Waals surface area (Å²) in [6, 6.07) is 7.73. The number of carbonyl (C=O) groups is 1. The summed E-state index contributed by atoms with van der Waals surface area (Å²) in [6.45, 7) is 3.67. The molecule has 0 radical (unpaired) electrons. The molecule has 5 heteroatoms. The minimum atomic E-state index is -0.191. The van der Waals surface area contributed by atoms with Gasteiger partial charge in [-0.3, -0.25) is 4.57 Å². The van der Waals surface area contributed by atoms with Crippen LogP contribution in [0.15, 0.2) is 43.0 Å². The Morgan fingerprint density at radius 1 is 1.37 bits per heavy atom. The number of aromatic nitrogens is 2. The van der Waals surface area contributed by atoms with Crippen LogP contribution >= 0.6 is 0 Å². The van der Waals surface area contributed by atoms with E-state index in [0.717, 1.165) is 11.1 Å². The summed E-state index contributed by atoms with van der Waals surface area (Å²) >= 11 is 0. The average molecular weight is 259 g/mol. The maximum absolute atomic E-state index is 11.8. The van der Waals surface area contributed by atoms with Crippen molar-refractivity contribution in [2.24, 2.45) is 0 Å². The van der Waals surface area contributed by atoms with Gasteiger partial charge in [0.05, 0.1) is 6.61 Å². The van der Waals surface area contributed by atoms with Crippen molar-refractivity contribution in [1.29, 1.82) is 0 Å². The summed E-state index contributed by atoms with van der Waals surface area (Å²) in [5, 5.41) is 2.85. The van der Waals surface area contributed by atoms with Crippen LogP contribution in [0.4, 0.5) is 4.79 Å². The summed E-state index contributed by atoms with van der Waals surface area (Å²) in [4.78, 5) is 15.6. The van der Waals surface area contributed by atoms with Crippen molar-refractivity contribution < 1.29 is 9.53 Å². The number of imidazole rings is 1. The predicted octanol–water partition coefficient (Wildman–Crippen LogP) is 2.18. The van der Waals surface area contributed by atoms with E-state index in [1.807, 2.05) is 31.2 Å². The Balaban J connectivity index is 1.97. The van der Waals surface area contributed by atoms with E-state index in [-0.39, 0.29) is 6.03 Å². The third-order valence-corrected chi connectivity index (χ3v) is 2.75. The number of rotatable bonds is 5. The van der Waals surface area contributed by atoms with Crippen LogP contribution in [0.3, 0.4) is 0 Å². The smallest absolute Gasteiger partial charge is 0.327 e. The Morgan fingerprint density at radius 3 is 2.84 bits per heavy atom. The molecule has 0 atom stereocenters. The standard InChI is InChI=1S/C14H17N3O2/c1-2-19-10-13-6-4-3-5-12(13)9-16-14(18)17-8-7-15-11-17/h3-8,11H,2,9-10H2,1H3,(H,16,18). The SMILES string of the molecule is CCOCc1ccccc1CNC(=O)n1ccnc1. The molecule has 5 nitrogen and oxygen atoms in total. The van der Waals surface area contributed by atoms with E-state index in [1.54, 1.807) is 12.4 Å². The van der Waals surface area contributed by atoms with Gasteiger partial charge < -0.3 is 10.1 Å². The minimum absolute atomic E-state index is 0.191. The summed E-state index contributed by atoms with van der Waals surface area (Å²) < 4.78 is 6.82. The minimum Gasteiger partial charge on any atom is -0.377 e. The van der Waals surface area contributed by atoms with Gasteiger partial charge in [0.1, 0.15) is 6.33 Å². The lowest BCUT2D eigenvalue weighted by Gasteiger charge is -2.10. The summed E-state index contributed by atoms with van der Waals surface area (Å²) in [5.41, 5.74) is 2.15. The first kappa shape index (κ1) is 13.3. The molecule has 2 aromatic rings.